The Morgan fingerprint density at radius 2 is 1.88 bits per heavy atom. The minimum Gasteiger partial charge on any atom is -0.325 e. The lowest BCUT2D eigenvalue weighted by molar-refractivity contribution is -0.113. The number of anilines is 2. The Morgan fingerprint density at radius 1 is 1.06 bits per heavy atom. The smallest absolute Gasteiger partial charge is 0.265 e. The second kappa shape index (κ2) is 10.1. The number of amides is 2. The van der Waals surface area contributed by atoms with Crippen LogP contribution in [0.4, 0.5) is 11.4 Å². The van der Waals surface area contributed by atoms with Gasteiger partial charge in [-0.05, 0) is 60.5 Å². The Bertz CT molecular complexity index is 1220. The molecule has 1 aromatic carbocycles. The Hall–Kier alpha value is -2.95. The van der Waals surface area contributed by atoms with Gasteiger partial charge in [0.1, 0.15) is 0 Å². The van der Waals surface area contributed by atoms with E-state index in [2.05, 4.69) is 20.8 Å². The zero-order valence-corrected chi connectivity index (χ0v) is 19.9. The summed E-state index contributed by atoms with van der Waals surface area (Å²) in [7, 11) is 0. The third-order valence-electron chi connectivity index (χ3n) is 4.61. The average Bonchev–Trinajstić information content (AvgIpc) is 3.55. The summed E-state index contributed by atoms with van der Waals surface area (Å²) in [6, 6.07) is 13.0. The number of nitrogens with one attached hydrogen (secondary N) is 2. The molecule has 4 rings (SSSR count). The molecule has 0 aliphatic carbocycles. The highest BCUT2D eigenvalue weighted by Gasteiger charge is 2.16. The van der Waals surface area contributed by atoms with Gasteiger partial charge in [-0.25, -0.2) is 0 Å². The zero-order chi connectivity index (χ0) is 22.5. The fourth-order valence-electron chi connectivity index (χ4n) is 3.07. The van der Waals surface area contributed by atoms with Gasteiger partial charge in [0, 0.05) is 17.9 Å². The summed E-state index contributed by atoms with van der Waals surface area (Å²) in [5.74, 6) is 0.770. The normalized spacial score (nSPS) is 10.8. The molecule has 4 aromatic rings. The van der Waals surface area contributed by atoms with Crippen LogP contribution in [-0.4, -0.2) is 32.3 Å². The number of thioether (sulfide) groups is 1. The first-order valence-corrected chi connectivity index (χ1v) is 12.6. The molecule has 0 bridgehead atoms. The number of hydrogen-bond donors (Lipinski definition) is 2. The van der Waals surface area contributed by atoms with Crippen LogP contribution in [0.3, 0.4) is 0 Å². The van der Waals surface area contributed by atoms with Crippen LogP contribution in [0, 0.1) is 6.92 Å². The van der Waals surface area contributed by atoms with Crippen molar-refractivity contribution in [1.29, 1.82) is 0 Å². The summed E-state index contributed by atoms with van der Waals surface area (Å²) in [5.41, 5.74) is 2.26. The second-order valence-electron chi connectivity index (χ2n) is 6.83. The Labute approximate surface area is 197 Å². The van der Waals surface area contributed by atoms with Crippen molar-refractivity contribution < 1.29 is 9.59 Å². The molecule has 164 valence electrons. The van der Waals surface area contributed by atoms with Crippen LogP contribution >= 0.6 is 34.4 Å². The molecule has 0 aliphatic rings. The Kier molecular flexibility index (Phi) is 7.03. The van der Waals surface area contributed by atoms with Crippen LogP contribution in [0.2, 0.25) is 0 Å². The highest BCUT2D eigenvalue weighted by Crippen LogP contribution is 2.27. The van der Waals surface area contributed by atoms with Crippen molar-refractivity contribution in [3.05, 3.63) is 63.7 Å². The summed E-state index contributed by atoms with van der Waals surface area (Å²) in [5, 5.41) is 19.0. The van der Waals surface area contributed by atoms with E-state index in [4.69, 9.17) is 0 Å². The number of aromatic nitrogens is 3. The van der Waals surface area contributed by atoms with E-state index in [1.54, 1.807) is 29.5 Å². The predicted octanol–water partition coefficient (Wildman–Crippen LogP) is 5.38. The molecule has 7 nitrogen and oxygen atoms in total. The quantitative estimate of drug-likeness (QED) is 0.329. The maximum absolute atomic E-state index is 12.5. The monoisotopic (exact) mass is 483 g/mol. The molecule has 0 atom stereocenters. The maximum atomic E-state index is 12.5. The number of hydrogen-bond acceptors (Lipinski definition) is 7. The van der Waals surface area contributed by atoms with Crippen LogP contribution < -0.4 is 10.6 Å². The Balaban J connectivity index is 1.36. The molecule has 0 radical (unpaired) electrons. The van der Waals surface area contributed by atoms with Crippen LogP contribution in [0.1, 0.15) is 22.2 Å². The van der Waals surface area contributed by atoms with Crippen LogP contribution in [0.25, 0.3) is 10.7 Å². The van der Waals surface area contributed by atoms with E-state index in [1.165, 1.54) is 23.1 Å². The standard InChI is InChI=1S/C22H21N5O2S3/c1-3-27-20(17-6-4-10-30-17)25-26-22(27)32-13-19(28)24-16-9-8-15(12-14(16)2)23-21(29)18-7-5-11-31-18/h4-12H,3,13H2,1-2H3,(H,23,29)(H,24,28). The molecular weight excluding hydrogens is 462 g/mol. The minimum atomic E-state index is -0.144. The molecule has 32 heavy (non-hydrogen) atoms. The van der Waals surface area contributed by atoms with Gasteiger partial charge in [0.25, 0.3) is 5.91 Å². The molecule has 3 aromatic heterocycles. The summed E-state index contributed by atoms with van der Waals surface area (Å²) in [4.78, 5) is 26.5. The number of carbonyl (C=O) groups is 2. The van der Waals surface area contributed by atoms with Gasteiger partial charge >= 0.3 is 0 Å². The second-order valence-corrected chi connectivity index (χ2v) is 9.66. The SMILES string of the molecule is CCn1c(SCC(=O)Nc2ccc(NC(=O)c3cccs3)cc2C)nnc1-c1cccs1. The lowest BCUT2D eigenvalue weighted by Crippen LogP contribution is -2.16. The number of carbonyl (C=O) groups excluding carboxylic acids is 2. The third kappa shape index (κ3) is 5.09. The van der Waals surface area contributed by atoms with Crippen LogP contribution in [0.5, 0.6) is 0 Å². The maximum Gasteiger partial charge on any atom is 0.265 e. The Morgan fingerprint density at radius 3 is 2.56 bits per heavy atom. The van der Waals surface area contributed by atoms with Gasteiger partial charge in [0.05, 0.1) is 15.5 Å². The van der Waals surface area contributed by atoms with Crippen LogP contribution in [0.15, 0.2) is 58.4 Å². The summed E-state index contributed by atoms with van der Waals surface area (Å²) >= 11 is 4.36. The lowest BCUT2D eigenvalue weighted by Gasteiger charge is -2.11. The first kappa shape index (κ1) is 22.3. The van der Waals surface area contributed by atoms with Crippen molar-refractivity contribution in [2.75, 3.05) is 16.4 Å². The number of aryl methyl sites for hydroxylation is 1. The molecule has 2 N–H and O–H groups in total. The molecule has 0 fully saturated rings. The first-order chi connectivity index (χ1) is 15.5. The number of benzene rings is 1. The predicted molar refractivity (Wildman–Crippen MR) is 132 cm³/mol. The van der Waals surface area contributed by atoms with E-state index in [-0.39, 0.29) is 17.6 Å². The van der Waals surface area contributed by atoms with E-state index < -0.39 is 0 Å². The summed E-state index contributed by atoms with van der Waals surface area (Å²) < 4.78 is 2.01. The minimum absolute atomic E-state index is 0.128. The highest BCUT2D eigenvalue weighted by atomic mass is 32.2. The summed E-state index contributed by atoms with van der Waals surface area (Å²) in [6.07, 6.45) is 0. The van der Waals surface area contributed by atoms with Gasteiger partial charge in [-0.1, -0.05) is 23.9 Å². The summed E-state index contributed by atoms with van der Waals surface area (Å²) in [6.45, 7) is 4.65. The molecule has 0 spiro atoms. The van der Waals surface area contributed by atoms with Crippen molar-refractivity contribution in [2.45, 2.75) is 25.5 Å². The molecule has 0 saturated carbocycles. The molecule has 2 amide bonds. The third-order valence-corrected chi connectivity index (χ3v) is 7.31. The highest BCUT2D eigenvalue weighted by molar-refractivity contribution is 7.99. The average molecular weight is 484 g/mol. The fraction of sp³-hybridized carbons (Fsp3) is 0.182. The first-order valence-electron chi connectivity index (χ1n) is 9.90. The molecule has 0 saturated heterocycles. The van der Waals surface area contributed by atoms with E-state index in [0.29, 0.717) is 16.3 Å². The van der Waals surface area contributed by atoms with Crippen molar-refractivity contribution >= 4 is 57.6 Å². The van der Waals surface area contributed by atoms with Crippen molar-refractivity contribution in [1.82, 2.24) is 14.8 Å². The van der Waals surface area contributed by atoms with Crippen molar-refractivity contribution in [3.8, 4) is 10.7 Å². The molecule has 10 heteroatoms. The fourth-order valence-corrected chi connectivity index (χ4v) is 5.21. The van der Waals surface area contributed by atoms with E-state index in [9.17, 15) is 9.59 Å². The van der Waals surface area contributed by atoms with Gasteiger partial charge in [-0.15, -0.1) is 32.9 Å². The van der Waals surface area contributed by atoms with E-state index in [1.807, 2.05) is 53.4 Å². The van der Waals surface area contributed by atoms with Crippen molar-refractivity contribution in [3.63, 3.8) is 0 Å². The number of thiophene rings is 2. The largest absolute Gasteiger partial charge is 0.325 e. The van der Waals surface area contributed by atoms with Gasteiger partial charge in [0.2, 0.25) is 5.91 Å². The number of rotatable bonds is 8. The van der Waals surface area contributed by atoms with E-state index in [0.717, 1.165) is 28.0 Å². The molecular formula is C22H21N5O2S3. The van der Waals surface area contributed by atoms with Gasteiger partial charge in [-0.2, -0.15) is 0 Å². The van der Waals surface area contributed by atoms with Gasteiger partial charge in [0.15, 0.2) is 11.0 Å². The van der Waals surface area contributed by atoms with Crippen molar-refractivity contribution in [2.24, 2.45) is 0 Å². The van der Waals surface area contributed by atoms with Gasteiger partial charge < -0.3 is 15.2 Å². The zero-order valence-electron chi connectivity index (χ0n) is 17.5. The molecule has 0 unspecified atom stereocenters. The van der Waals surface area contributed by atoms with E-state index >= 15 is 0 Å². The topological polar surface area (TPSA) is 88.9 Å². The molecule has 0 aliphatic heterocycles. The van der Waals surface area contributed by atoms with Gasteiger partial charge in [-0.3, -0.25) is 9.59 Å². The number of nitrogens with zero attached hydrogens (tertiary/aromatic N) is 3. The van der Waals surface area contributed by atoms with Crippen LogP contribution in [-0.2, 0) is 11.3 Å². The lowest BCUT2D eigenvalue weighted by atomic mass is 10.1. The molecule has 3 heterocycles.